The van der Waals surface area contributed by atoms with Gasteiger partial charge in [0.1, 0.15) is 12.4 Å². The Balaban J connectivity index is 0.00000208. The third-order valence-corrected chi connectivity index (χ3v) is 3.85. The van der Waals surface area contributed by atoms with Crippen molar-refractivity contribution in [1.29, 1.82) is 0 Å². The van der Waals surface area contributed by atoms with E-state index in [2.05, 4.69) is 42.5 Å². The van der Waals surface area contributed by atoms with E-state index in [9.17, 15) is 0 Å². The first-order valence-corrected chi connectivity index (χ1v) is 7.85. The topological polar surface area (TPSA) is 35.2 Å². The maximum Gasteiger partial charge on any atom is 0.119 e. The van der Waals surface area contributed by atoms with Crippen molar-refractivity contribution >= 4 is 12.4 Å². The standard InChI is InChI=1S/C21H21NO.ClH/c1-16(22)19-8-5-9-20(14-19)18-10-12-21(13-11-18)23-15-17-6-3-2-4-7-17;/h2-14,16H,15,22H2,1H3;1H/t16-;/m1./s1. The van der Waals surface area contributed by atoms with Crippen LogP contribution in [-0.2, 0) is 6.61 Å². The second-order valence-electron chi connectivity index (χ2n) is 5.71. The van der Waals surface area contributed by atoms with Gasteiger partial charge in [0.2, 0.25) is 0 Å². The van der Waals surface area contributed by atoms with Gasteiger partial charge in [0.15, 0.2) is 0 Å². The van der Waals surface area contributed by atoms with Crippen LogP contribution in [-0.4, -0.2) is 0 Å². The van der Waals surface area contributed by atoms with Crippen molar-refractivity contribution in [2.24, 2.45) is 5.73 Å². The van der Waals surface area contributed by atoms with Gasteiger partial charge in [-0.2, -0.15) is 0 Å². The molecule has 0 aromatic heterocycles. The summed E-state index contributed by atoms with van der Waals surface area (Å²) in [6.45, 7) is 2.58. The monoisotopic (exact) mass is 339 g/mol. The molecule has 3 aromatic carbocycles. The molecule has 0 spiro atoms. The van der Waals surface area contributed by atoms with E-state index < -0.39 is 0 Å². The van der Waals surface area contributed by atoms with Crippen LogP contribution >= 0.6 is 12.4 Å². The van der Waals surface area contributed by atoms with Crippen molar-refractivity contribution in [3.63, 3.8) is 0 Å². The largest absolute Gasteiger partial charge is 0.489 e. The number of ether oxygens (including phenoxy) is 1. The molecule has 0 aliphatic carbocycles. The molecule has 3 rings (SSSR count). The lowest BCUT2D eigenvalue weighted by molar-refractivity contribution is 0.306. The second-order valence-corrected chi connectivity index (χ2v) is 5.71. The highest BCUT2D eigenvalue weighted by atomic mass is 35.5. The van der Waals surface area contributed by atoms with Crippen molar-refractivity contribution in [2.45, 2.75) is 19.6 Å². The van der Waals surface area contributed by atoms with Gasteiger partial charge in [0, 0.05) is 6.04 Å². The van der Waals surface area contributed by atoms with Gasteiger partial charge < -0.3 is 10.5 Å². The minimum Gasteiger partial charge on any atom is -0.489 e. The molecular weight excluding hydrogens is 318 g/mol. The summed E-state index contributed by atoms with van der Waals surface area (Å²) in [5.74, 6) is 0.876. The van der Waals surface area contributed by atoms with Gasteiger partial charge in [-0.15, -0.1) is 12.4 Å². The fourth-order valence-electron chi connectivity index (χ4n) is 2.49. The Morgan fingerprint density at radius 2 is 1.54 bits per heavy atom. The average molecular weight is 340 g/mol. The summed E-state index contributed by atoms with van der Waals surface area (Å²) in [7, 11) is 0. The summed E-state index contributed by atoms with van der Waals surface area (Å²) in [5, 5.41) is 0. The van der Waals surface area contributed by atoms with Gasteiger partial charge in [-0.3, -0.25) is 0 Å². The lowest BCUT2D eigenvalue weighted by Gasteiger charge is -2.10. The quantitative estimate of drug-likeness (QED) is 0.677. The number of nitrogens with two attached hydrogens (primary N) is 1. The number of hydrogen-bond donors (Lipinski definition) is 1. The number of halogens is 1. The molecule has 0 aliphatic rings. The molecule has 2 nitrogen and oxygen atoms in total. The summed E-state index contributed by atoms with van der Waals surface area (Å²) in [6.07, 6.45) is 0. The van der Waals surface area contributed by atoms with E-state index in [1.807, 2.05) is 43.3 Å². The van der Waals surface area contributed by atoms with Crippen LogP contribution in [0.25, 0.3) is 11.1 Å². The van der Waals surface area contributed by atoms with Crippen molar-refractivity contribution in [3.05, 3.63) is 90.0 Å². The molecule has 3 aromatic rings. The van der Waals surface area contributed by atoms with Crippen LogP contribution in [0.2, 0.25) is 0 Å². The van der Waals surface area contributed by atoms with E-state index in [0.717, 1.165) is 11.3 Å². The Labute approximate surface area is 149 Å². The highest BCUT2D eigenvalue weighted by Crippen LogP contribution is 2.25. The van der Waals surface area contributed by atoms with Gasteiger partial charge in [0.05, 0.1) is 0 Å². The molecule has 0 aliphatic heterocycles. The predicted octanol–water partition coefficient (Wildman–Crippen LogP) is 5.37. The Bertz CT molecular complexity index is 754. The molecule has 0 saturated heterocycles. The summed E-state index contributed by atoms with van der Waals surface area (Å²) < 4.78 is 5.82. The van der Waals surface area contributed by atoms with Crippen LogP contribution in [0.15, 0.2) is 78.9 Å². The number of hydrogen-bond acceptors (Lipinski definition) is 2. The Kier molecular flexibility index (Phi) is 6.42. The van der Waals surface area contributed by atoms with Crippen LogP contribution in [0.5, 0.6) is 5.75 Å². The molecule has 0 saturated carbocycles. The Morgan fingerprint density at radius 3 is 2.21 bits per heavy atom. The van der Waals surface area contributed by atoms with Gasteiger partial charge in [-0.25, -0.2) is 0 Å². The van der Waals surface area contributed by atoms with Gasteiger partial charge in [0.25, 0.3) is 0 Å². The summed E-state index contributed by atoms with van der Waals surface area (Å²) in [5.41, 5.74) is 10.6. The SMILES string of the molecule is C[C@@H](N)c1cccc(-c2ccc(OCc3ccccc3)cc2)c1.Cl. The van der Waals surface area contributed by atoms with Crippen molar-refractivity contribution in [2.75, 3.05) is 0 Å². The molecule has 0 amide bonds. The van der Waals surface area contributed by atoms with E-state index in [1.54, 1.807) is 0 Å². The third-order valence-electron chi connectivity index (χ3n) is 3.85. The van der Waals surface area contributed by atoms with Crippen molar-refractivity contribution in [1.82, 2.24) is 0 Å². The predicted molar refractivity (Wildman–Crippen MR) is 103 cm³/mol. The molecule has 1 atom stereocenters. The molecule has 2 N–H and O–H groups in total. The van der Waals surface area contributed by atoms with Crippen LogP contribution < -0.4 is 10.5 Å². The minimum atomic E-state index is 0. The first-order valence-electron chi connectivity index (χ1n) is 7.85. The maximum atomic E-state index is 5.96. The molecule has 3 heteroatoms. The zero-order chi connectivity index (χ0) is 16.1. The van der Waals surface area contributed by atoms with E-state index >= 15 is 0 Å². The molecule has 0 radical (unpaired) electrons. The lowest BCUT2D eigenvalue weighted by Crippen LogP contribution is -2.04. The fourth-order valence-corrected chi connectivity index (χ4v) is 2.49. The van der Waals surface area contributed by atoms with E-state index in [1.165, 1.54) is 16.7 Å². The zero-order valence-corrected chi connectivity index (χ0v) is 14.5. The summed E-state index contributed by atoms with van der Waals surface area (Å²) >= 11 is 0. The van der Waals surface area contributed by atoms with E-state index in [-0.39, 0.29) is 18.4 Å². The molecule has 0 heterocycles. The van der Waals surface area contributed by atoms with Crippen LogP contribution in [0, 0.1) is 0 Å². The van der Waals surface area contributed by atoms with Gasteiger partial charge >= 0.3 is 0 Å². The summed E-state index contributed by atoms with van der Waals surface area (Å²) in [6, 6.07) is 26.8. The van der Waals surface area contributed by atoms with Crippen LogP contribution in [0.1, 0.15) is 24.1 Å². The van der Waals surface area contributed by atoms with E-state index in [0.29, 0.717) is 6.61 Å². The fraction of sp³-hybridized carbons (Fsp3) is 0.143. The molecule has 0 bridgehead atoms. The molecule has 24 heavy (non-hydrogen) atoms. The Morgan fingerprint density at radius 1 is 0.833 bits per heavy atom. The molecular formula is C21H22ClNO. The highest BCUT2D eigenvalue weighted by Gasteiger charge is 2.03. The van der Waals surface area contributed by atoms with Gasteiger partial charge in [-0.1, -0.05) is 60.7 Å². The zero-order valence-electron chi connectivity index (χ0n) is 13.7. The van der Waals surface area contributed by atoms with Crippen molar-refractivity contribution in [3.8, 4) is 16.9 Å². The maximum absolute atomic E-state index is 5.96. The van der Waals surface area contributed by atoms with Crippen LogP contribution in [0.3, 0.4) is 0 Å². The first kappa shape index (κ1) is 18.1. The van der Waals surface area contributed by atoms with E-state index in [4.69, 9.17) is 10.5 Å². The third kappa shape index (κ3) is 4.60. The van der Waals surface area contributed by atoms with Crippen LogP contribution in [0.4, 0.5) is 0 Å². The molecule has 124 valence electrons. The first-order chi connectivity index (χ1) is 11.2. The Hall–Kier alpha value is -2.29. The smallest absolute Gasteiger partial charge is 0.119 e. The lowest BCUT2D eigenvalue weighted by atomic mass is 10.0. The van der Waals surface area contributed by atoms with Crippen molar-refractivity contribution < 1.29 is 4.74 Å². The summed E-state index contributed by atoms with van der Waals surface area (Å²) in [4.78, 5) is 0. The highest BCUT2D eigenvalue weighted by molar-refractivity contribution is 5.85. The van der Waals surface area contributed by atoms with Gasteiger partial charge in [-0.05, 0) is 47.4 Å². The second kappa shape index (κ2) is 8.53. The molecule has 0 fully saturated rings. The number of rotatable bonds is 5. The number of benzene rings is 3. The average Bonchev–Trinajstić information content (AvgIpc) is 2.61. The minimum absolute atomic E-state index is 0. The molecule has 0 unspecified atom stereocenters. The normalized spacial score (nSPS) is 11.4.